The number of nitrogen functional groups attached to an aromatic ring is 1. The summed E-state index contributed by atoms with van der Waals surface area (Å²) in [6.07, 6.45) is 7.49. The van der Waals surface area contributed by atoms with Crippen LogP contribution in [0.15, 0.2) is 48.7 Å². The van der Waals surface area contributed by atoms with Crippen LogP contribution in [0.4, 0.5) is 10.2 Å². The van der Waals surface area contributed by atoms with E-state index in [-0.39, 0.29) is 17.4 Å². The van der Waals surface area contributed by atoms with Gasteiger partial charge in [-0.3, -0.25) is 4.79 Å². The SMILES string of the molecule is C[C@@H](NC(=O)c1ccc(-c2nc(C3CCCCC3)cnc2N)cc1F)c1cccc(Cl)c1. The minimum atomic E-state index is -0.637. The quantitative estimate of drug-likeness (QED) is 0.493. The summed E-state index contributed by atoms with van der Waals surface area (Å²) < 4.78 is 14.9. The number of hydrogen-bond donors (Lipinski definition) is 2. The smallest absolute Gasteiger partial charge is 0.254 e. The molecule has 0 unspecified atom stereocenters. The van der Waals surface area contributed by atoms with Gasteiger partial charge in [0.1, 0.15) is 17.3 Å². The first-order valence-corrected chi connectivity index (χ1v) is 11.3. The second-order valence-corrected chi connectivity index (χ2v) is 8.74. The highest BCUT2D eigenvalue weighted by atomic mass is 35.5. The van der Waals surface area contributed by atoms with Gasteiger partial charge in [0.2, 0.25) is 0 Å². The molecular weight excluding hydrogens is 427 g/mol. The van der Waals surface area contributed by atoms with E-state index in [0.717, 1.165) is 24.1 Å². The number of nitrogens with zero attached hydrogens (tertiary/aromatic N) is 2. The summed E-state index contributed by atoms with van der Waals surface area (Å²) in [5.74, 6) is -0.534. The summed E-state index contributed by atoms with van der Waals surface area (Å²) in [5, 5.41) is 3.39. The van der Waals surface area contributed by atoms with Crippen LogP contribution in [0.3, 0.4) is 0 Å². The average molecular weight is 453 g/mol. The van der Waals surface area contributed by atoms with Crippen LogP contribution in [0.2, 0.25) is 5.02 Å². The van der Waals surface area contributed by atoms with E-state index in [9.17, 15) is 9.18 Å². The Balaban J connectivity index is 1.55. The van der Waals surface area contributed by atoms with Gasteiger partial charge in [-0.2, -0.15) is 0 Å². The van der Waals surface area contributed by atoms with Gasteiger partial charge in [-0.25, -0.2) is 14.4 Å². The van der Waals surface area contributed by atoms with Gasteiger partial charge in [-0.1, -0.05) is 49.1 Å². The van der Waals surface area contributed by atoms with E-state index < -0.39 is 11.7 Å². The fraction of sp³-hybridized carbons (Fsp3) is 0.320. The third kappa shape index (κ3) is 4.91. The molecule has 32 heavy (non-hydrogen) atoms. The number of carbonyl (C=O) groups is 1. The van der Waals surface area contributed by atoms with Crippen LogP contribution in [0.5, 0.6) is 0 Å². The van der Waals surface area contributed by atoms with Crippen molar-refractivity contribution in [3.05, 3.63) is 76.3 Å². The van der Waals surface area contributed by atoms with Crippen LogP contribution in [-0.2, 0) is 0 Å². The molecule has 1 aromatic heterocycles. The van der Waals surface area contributed by atoms with Crippen molar-refractivity contribution in [3.63, 3.8) is 0 Å². The highest BCUT2D eigenvalue weighted by Gasteiger charge is 2.21. The second-order valence-electron chi connectivity index (χ2n) is 8.31. The molecule has 3 aromatic rings. The Hall–Kier alpha value is -2.99. The van der Waals surface area contributed by atoms with Crippen LogP contribution >= 0.6 is 11.6 Å². The third-order valence-electron chi connectivity index (χ3n) is 6.03. The summed E-state index contributed by atoms with van der Waals surface area (Å²) in [4.78, 5) is 21.7. The number of nitrogens with one attached hydrogen (secondary N) is 1. The van der Waals surface area contributed by atoms with E-state index in [1.165, 1.54) is 31.4 Å². The van der Waals surface area contributed by atoms with Gasteiger partial charge in [0, 0.05) is 16.5 Å². The maximum absolute atomic E-state index is 14.9. The van der Waals surface area contributed by atoms with Gasteiger partial charge in [0.25, 0.3) is 5.91 Å². The molecule has 1 amide bonds. The molecule has 1 aliphatic rings. The average Bonchev–Trinajstić information content (AvgIpc) is 2.79. The van der Waals surface area contributed by atoms with Crippen molar-refractivity contribution in [1.29, 1.82) is 0 Å². The lowest BCUT2D eigenvalue weighted by molar-refractivity contribution is 0.0936. The lowest BCUT2D eigenvalue weighted by Gasteiger charge is -2.21. The minimum absolute atomic E-state index is 0.0439. The summed E-state index contributed by atoms with van der Waals surface area (Å²) in [7, 11) is 0. The molecule has 0 bridgehead atoms. The Bertz CT molecular complexity index is 1130. The van der Waals surface area contributed by atoms with E-state index in [0.29, 0.717) is 22.2 Å². The molecule has 1 heterocycles. The van der Waals surface area contributed by atoms with Gasteiger partial charge >= 0.3 is 0 Å². The molecule has 1 atom stereocenters. The number of amides is 1. The summed E-state index contributed by atoms with van der Waals surface area (Å²) in [6, 6.07) is 11.3. The van der Waals surface area contributed by atoms with Crippen molar-refractivity contribution in [2.45, 2.75) is 51.0 Å². The lowest BCUT2D eigenvalue weighted by Crippen LogP contribution is -2.27. The minimum Gasteiger partial charge on any atom is -0.382 e. The maximum Gasteiger partial charge on any atom is 0.254 e. The van der Waals surface area contributed by atoms with Crippen LogP contribution in [-0.4, -0.2) is 15.9 Å². The second kappa shape index (κ2) is 9.65. The molecule has 3 N–H and O–H groups in total. The van der Waals surface area contributed by atoms with E-state index in [4.69, 9.17) is 22.3 Å². The highest BCUT2D eigenvalue weighted by molar-refractivity contribution is 6.30. The largest absolute Gasteiger partial charge is 0.382 e. The molecule has 5 nitrogen and oxygen atoms in total. The first-order valence-electron chi connectivity index (χ1n) is 10.9. The van der Waals surface area contributed by atoms with Crippen LogP contribution < -0.4 is 11.1 Å². The van der Waals surface area contributed by atoms with E-state index in [2.05, 4.69) is 10.3 Å². The van der Waals surface area contributed by atoms with Gasteiger partial charge in [-0.05, 0) is 49.6 Å². The number of aromatic nitrogens is 2. The van der Waals surface area contributed by atoms with Gasteiger partial charge < -0.3 is 11.1 Å². The summed E-state index contributed by atoms with van der Waals surface area (Å²) in [5.41, 5.74) is 8.70. The van der Waals surface area contributed by atoms with Crippen molar-refractivity contribution in [2.75, 3.05) is 5.73 Å². The highest BCUT2D eigenvalue weighted by Crippen LogP contribution is 2.33. The topological polar surface area (TPSA) is 80.9 Å². The van der Waals surface area contributed by atoms with Crippen molar-refractivity contribution in [1.82, 2.24) is 15.3 Å². The molecule has 1 aliphatic carbocycles. The number of nitrogens with two attached hydrogens (primary N) is 1. The van der Waals surface area contributed by atoms with Gasteiger partial charge in [-0.15, -0.1) is 0 Å². The van der Waals surface area contributed by atoms with Crippen molar-refractivity contribution in [2.24, 2.45) is 0 Å². The Kier molecular flexibility index (Phi) is 6.70. The third-order valence-corrected chi connectivity index (χ3v) is 6.26. The Labute approximate surface area is 192 Å². The Morgan fingerprint density at radius 2 is 1.97 bits per heavy atom. The maximum atomic E-state index is 14.9. The Morgan fingerprint density at radius 3 is 2.69 bits per heavy atom. The first kappa shape index (κ1) is 22.2. The van der Waals surface area contributed by atoms with Gasteiger partial charge in [0.05, 0.1) is 23.5 Å². The normalized spacial score (nSPS) is 15.3. The fourth-order valence-corrected chi connectivity index (χ4v) is 4.40. The number of halogens is 2. The summed E-state index contributed by atoms with van der Waals surface area (Å²) >= 11 is 6.02. The van der Waals surface area contributed by atoms with E-state index in [1.54, 1.807) is 24.4 Å². The predicted octanol–water partition coefficient (Wildman–Crippen LogP) is 6.06. The fourth-order valence-electron chi connectivity index (χ4n) is 4.20. The number of rotatable bonds is 5. The molecule has 0 saturated heterocycles. The molecular formula is C25H26ClFN4O. The number of carbonyl (C=O) groups excluding carboxylic acids is 1. The van der Waals surface area contributed by atoms with E-state index >= 15 is 0 Å². The molecule has 0 spiro atoms. The van der Waals surface area contributed by atoms with Crippen LogP contribution in [0, 0.1) is 5.82 Å². The van der Waals surface area contributed by atoms with Crippen molar-refractivity contribution in [3.8, 4) is 11.3 Å². The van der Waals surface area contributed by atoms with Gasteiger partial charge in [0.15, 0.2) is 0 Å². The van der Waals surface area contributed by atoms with Crippen molar-refractivity contribution < 1.29 is 9.18 Å². The molecule has 4 rings (SSSR count). The first-order chi connectivity index (χ1) is 15.4. The molecule has 2 aromatic carbocycles. The molecule has 0 aliphatic heterocycles. The molecule has 1 fully saturated rings. The molecule has 7 heteroatoms. The number of anilines is 1. The standard InChI is InChI=1S/C25H26ClFN4O/c1-15(17-8-5-9-19(26)12-17)30-25(32)20-11-10-18(13-21(20)27)23-24(28)29-14-22(31-23)16-6-3-2-4-7-16/h5,8-16H,2-4,6-7H2,1H3,(H2,28,29)(H,30,32)/t15-/m1/s1. The van der Waals surface area contributed by atoms with Crippen LogP contribution in [0.1, 0.15) is 72.6 Å². The van der Waals surface area contributed by atoms with E-state index in [1.807, 2.05) is 19.1 Å². The zero-order valence-electron chi connectivity index (χ0n) is 17.9. The molecule has 0 radical (unpaired) electrons. The number of benzene rings is 2. The lowest BCUT2D eigenvalue weighted by atomic mass is 9.87. The molecule has 166 valence electrons. The number of hydrogen-bond acceptors (Lipinski definition) is 4. The zero-order chi connectivity index (χ0) is 22.7. The zero-order valence-corrected chi connectivity index (χ0v) is 18.7. The molecule has 1 saturated carbocycles. The monoisotopic (exact) mass is 452 g/mol. The van der Waals surface area contributed by atoms with Crippen molar-refractivity contribution >= 4 is 23.3 Å². The Morgan fingerprint density at radius 1 is 1.19 bits per heavy atom. The summed E-state index contributed by atoms with van der Waals surface area (Å²) in [6.45, 7) is 1.82. The predicted molar refractivity (Wildman–Crippen MR) is 125 cm³/mol. The van der Waals surface area contributed by atoms with Crippen LogP contribution in [0.25, 0.3) is 11.3 Å².